The molecule has 2 aromatic rings. The molecular formula is C13H14F2N2S. The zero-order valence-corrected chi connectivity index (χ0v) is 10.8. The van der Waals surface area contributed by atoms with Crippen molar-refractivity contribution in [3.05, 3.63) is 46.2 Å². The summed E-state index contributed by atoms with van der Waals surface area (Å²) in [6.07, 6.45) is -2.52. The summed E-state index contributed by atoms with van der Waals surface area (Å²) < 4.78 is 25.9. The zero-order chi connectivity index (χ0) is 13.1. The number of halogens is 2. The van der Waals surface area contributed by atoms with Gasteiger partial charge in [-0.15, -0.1) is 0 Å². The van der Waals surface area contributed by atoms with Crippen molar-refractivity contribution in [1.29, 1.82) is 0 Å². The van der Waals surface area contributed by atoms with Gasteiger partial charge in [0.15, 0.2) is 0 Å². The molecule has 1 aromatic carbocycles. The average molecular weight is 268 g/mol. The van der Waals surface area contributed by atoms with Crippen molar-refractivity contribution in [2.75, 3.05) is 17.7 Å². The van der Waals surface area contributed by atoms with Gasteiger partial charge >= 0.3 is 0 Å². The molecule has 0 amide bonds. The van der Waals surface area contributed by atoms with Crippen LogP contribution in [0.25, 0.3) is 0 Å². The number of nitrogens with two attached hydrogens (primary N) is 1. The van der Waals surface area contributed by atoms with E-state index in [1.165, 1.54) is 6.07 Å². The highest BCUT2D eigenvalue weighted by Gasteiger charge is 2.16. The Kier molecular flexibility index (Phi) is 3.81. The molecule has 0 bridgehead atoms. The third-order valence-corrected chi connectivity index (χ3v) is 3.43. The number of thiophene rings is 1. The molecule has 1 heterocycles. The molecular weight excluding hydrogens is 254 g/mol. The summed E-state index contributed by atoms with van der Waals surface area (Å²) in [6.45, 7) is 0.604. The average Bonchev–Trinajstić information content (AvgIpc) is 2.81. The van der Waals surface area contributed by atoms with Crippen LogP contribution in [0, 0.1) is 0 Å². The normalized spacial score (nSPS) is 10.9. The van der Waals surface area contributed by atoms with E-state index in [1.807, 2.05) is 21.7 Å². The van der Waals surface area contributed by atoms with Crippen molar-refractivity contribution < 1.29 is 8.78 Å². The van der Waals surface area contributed by atoms with E-state index < -0.39 is 6.43 Å². The van der Waals surface area contributed by atoms with Crippen LogP contribution in [0.4, 0.5) is 20.2 Å². The fourth-order valence-corrected chi connectivity index (χ4v) is 2.50. The number of nitrogens with zero attached hydrogens (tertiary/aromatic N) is 1. The molecule has 96 valence electrons. The van der Waals surface area contributed by atoms with Crippen molar-refractivity contribution in [1.82, 2.24) is 0 Å². The quantitative estimate of drug-likeness (QED) is 0.852. The number of alkyl halides is 2. The van der Waals surface area contributed by atoms with Crippen LogP contribution in [0.15, 0.2) is 35.0 Å². The van der Waals surface area contributed by atoms with E-state index in [0.29, 0.717) is 17.9 Å². The van der Waals surface area contributed by atoms with Gasteiger partial charge in [0.25, 0.3) is 6.43 Å². The van der Waals surface area contributed by atoms with Crippen LogP contribution in [0.5, 0.6) is 0 Å². The van der Waals surface area contributed by atoms with Crippen LogP contribution in [-0.4, -0.2) is 7.05 Å². The molecule has 18 heavy (non-hydrogen) atoms. The number of rotatable bonds is 4. The second kappa shape index (κ2) is 5.35. The van der Waals surface area contributed by atoms with Gasteiger partial charge in [-0.25, -0.2) is 8.78 Å². The molecule has 1 aromatic heterocycles. The molecule has 0 saturated heterocycles. The van der Waals surface area contributed by atoms with Gasteiger partial charge in [-0.05, 0) is 40.6 Å². The minimum absolute atomic E-state index is 0.0206. The fourth-order valence-electron chi connectivity index (χ4n) is 1.84. The van der Waals surface area contributed by atoms with Gasteiger partial charge in [-0.2, -0.15) is 11.3 Å². The molecule has 0 unspecified atom stereocenters. The van der Waals surface area contributed by atoms with Crippen molar-refractivity contribution >= 4 is 22.7 Å². The summed E-state index contributed by atoms with van der Waals surface area (Å²) in [5.74, 6) is 0. The molecule has 0 aliphatic rings. The van der Waals surface area contributed by atoms with Crippen molar-refractivity contribution in [2.24, 2.45) is 0 Å². The van der Waals surface area contributed by atoms with E-state index in [2.05, 4.69) is 0 Å². The topological polar surface area (TPSA) is 29.3 Å². The van der Waals surface area contributed by atoms with Crippen LogP contribution >= 0.6 is 11.3 Å². The molecule has 0 fully saturated rings. The first-order valence-electron chi connectivity index (χ1n) is 5.47. The Morgan fingerprint density at radius 2 is 2.11 bits per heavy atom. The van der Waals surface area contributed by atoms with Crippen LogP contribution < -0.4 is 10.6 Å². The molecule has 0 spiro atoms. The Balaban J connectivity index is 2.26. The monoisotopic (exact) mass is 268 g/mol. The lowest BCUT2D eigenvalue weighted by Crippen LogP contribution is -2.17. The molecule has 0 atom stereocenters. The summed E-state index contributed by atoms with van der Waals surface area (Å²) >= 11 is 1.59. The number of anilines is 2. The van der Waals surface area contributed by atoms with E-state index >= 15 is 0 Å². The molecule has 5 heteroatoms. The molecule has 0 aliphatic heterocycles. The lowest BCUT2D eigenvalue weighted by atomic mass is 10.1. The zero-order valence-electron chi connectivity index (χ0n) is 9.94. The minimum Gasteiger partial charge on any atom is -0.399 e. The van der Waals surface area contributed by atoms with Gasteiger partial charge in [0.2, 0.25) is 0 Å². The maximum atomic E-state index is 13.0. The van der Waals surface area contributed by atoms with Crippen molar-refractivity contribution in [2.45, 2.75) is 13.0 Å². The SMILES string of the molecule is CN(Cc1ccsc1)c1ccc(N)cc1C(F)F. The van der Waals surface area contributed by atoms with Crippen LogP contribution in [0.2, 0.25) is 0 Å². The maximum absolute atomic E-state index is 13.0. The summed E-state index contributed by atoms with van der Waals surface area (Å²) in [4.78, 5) is 1.81. The maximum Gasteiger partial charge on any atom is 0.265 e. The molecule has 0 aliphatic carbocycles. The predicted octanol–water partition coefficient (Wildman–Crippen LogP) is 3.90. The molecule has 2 N–H and O–H groups in total. The van der Waals surface area contributed by atoms with Gasteiger partial charge in [-0.1, -0.05) is 0 Å². The Morgan fingerprint density at radius 3 is 2.72 bits per heavy atom. The Hall–Kier alpha value is -1.62. The summed E-state index contributed by atoms with van der Waals surface area (Å²) in [6, 6.07) is 6.61. The highest BCUT2D eigenvalue weighted by atomic mass is 32.1. The number of nitrogen functional groups attached to an aromatic ring is 1. The fraction of sp³-hybridized carbons (Fsp3) is 0.231. The first-order valence-corrected chi connectivity index (χ1v) is 6.42. The van der Waals surface area contributed by atoms with Gasteiger partial charge < -0.3 is 10.6 Å². The highest BCUT2D eigenvalue weighted by molar-refractivity contribution is 7.07. The summed E-state index contributed by atoms with van der Waals surface area (Å²) in [5.41, 5.74) is 7.52. The second-order valence-electron chi connectivity index (χ2n) is 4.11. The minimum atomic E-state index is -2.52. The predicted molar refractivity (Wildman–Crippen MR) is 72.2 cm³/mol. The van der Waals surface area contributed by atoms with Gasteiger partial charge in [0.1, 0.15) is 0 Å². The van der Waals surface area contributed by atoms with Crippen molar-refractivity contribution in [3.63, 3.8) is 0 Å². The van der Waals surface area contributed by atoms with E-state index in [1.54, 1.807) is 30.5 Å². The first kappa shape index (κ1) is 12.8. The largest absolute Gasteiger partial charge is 0.399 e. The first-order chi connectivity index (χ1) is 8.58. The Labute approximate surface area is 109 Å². The Bertz CT molecular complexity index is 512. The van der Waals surface area contributed by atoms with Crippen LogP contribution in [0.3, 0.4) is 0 Å². The van der Waals surface area contributed by atoms with E-state index in [4.69, 9.17) is 5.73 Å². The van der Waals surface area contributed by atoms with Gasteiger partial charge in [-0.3, -0.25) is 0 Å². The molecule has 0 radical (unpaired) electrons. The van der Waals surface area contributed by atoms with Crippen LogP contribution in [0.1, 0.15) is 17.6 Å². The number of hydrogen-bond donors (Lipinski definition) is 1. The van der Waals surface area contributed by atoms with Crippen molar-refractivity contribution in [3.8, 4) is 0 Å². The second-order valence-corrected chi connectivity index (χ2v) is 4.89. The highest BCUT2D eigenvalue weighted by Crippen LogP contribution is 2.31. The van der Waals surface area contributed by atoms with E-state index in [-0.39, 0.29) is 5.56 Å². The Morgan fingerprint density at radius 1 is 1.33 bits per heavy atom. The van der Waals surface area contributed by atoms with E-state index in [9.17, 15) is 8.78 Å². The standard InChI is InChI=1S/C13H14F2N2S/c1-17(7-9-4-5-18-8-9)12-3-2-10(16)6-11(12)13(14)15/h2-6,8,13H,7,16H2,1H3. The third-order valence-electron chi connectivity index (χ3n) is 2.70. The molecule has 2 rings (SSSR count). The smallest absolute Gasteiger partial charge is 0.265 e. The van der Waals surface area contributed by atoms with Gasteiger partial charge in [0, 0.05) is 30.5 Å². The lowest BCUT2D eigenvalue weighted by Gasteiger charge is -2.22. The third kappa shape index (κ3) is 2.79. The van der Waals surface area contributed by atoms with Crippen LogP contribution in [-0.2, 0) is 6.54 Å². The summed E-state index contributed by atoms with van der Waals surface area (Å²) in [5, 5.41) is 3.98. The molecule has 0 saturated carbocycles. The number of hydrogen-bond acceptors (Lipinski definition) is 3. The molecule has 2 nitrogen and oxygen atoms in total. The van der Waals surface area contributed by atoms with E-state index in [0.717, 1.165) is 5.56 Å². The summed E-state index contributed by atoms with van der Waals surface area (Å²) in [7, 11) is 1.80. The lowest BCUT2D eigenvalue weighted by molar-refractivity contribution is 0.152. The van der Waals surface area contributed by atoms with Gasteiger partial charge in [0.05, 0.1) is 0 Å². The number of benzene rings is 1.